The van der Waals surface area contributed by atoms with Gasteiger partial charge in [-0.1, -0.05) is 6.42 Å². The van der Waals surface area contributed by atoms with Crippen LogP contribution in [0.1, 0.15) is 57.8 Å². The molecule has 21 heavy (non-hydrogen) atoms. The fraction of sp³-hybridized carbons (Fsp3) is 0.941. The summed E-state index contributed by atoms with van der Waals surface area (Å²) in [5.41, 5.74) is 6.37. The Balaban J connectivity index is 1.76. The Morgan fingerprint density at radius 1 is 1.05 bits per heavy atom. The Bertz CT molecular complexity index is 377. The van der Waals surface area contributed by atoms with E-state index in [0.29, 0.717) is 6.42 Å². The van der Waals surface area contributed by atoms with E-state index in [1.54, 1.807) is 0 Å². The minimum atomic E-state index is -0.651. The van der Waals surface area contributed by atoms with Gasteiger partial charge < -0.3 is 15.3 Å². The first-order valence-corrected chi connectivity index (χ1v) is 8.90. The van der Waals surface area contributed by atoms with Crippen molar-refractivity contribution in [2.75, 3.05) is 19.6 Å². The van der Waals surface area contributed by atoms with Crippen molar-refractivity contribution in [1.29, 1.82) is 0 Å². The van der Waals surface area contributed by atoms with E-state index in [4.69, 9.17) is 5.73 Å². The number of hydrogen-bond acceptors (Lipinski definition) is 2. The van der Waals surface area contributed by atoms with Crippen LogP contribution in [-0.4, -0.2) is 47.3 Å². The average Bonchev–Trinajstić information content (AvgIpc) is 2.86. The predicted octanol–water partition coefficient (Wildman–Crippen LogP) is 2.37. The highest BCUT2D eigenvalue weighted by atomic mass is 16.4. The first-order chi connectivity index (χ1) is 10.1. The Kier molecular flexibility index (Phi) is 4.55. The molecule has 1 aliphatic heterocycles. The number of nitrogens with two attached hydrogens (primary N) is 1. The van der Waals surface area contributed by atoms with Crippen molar-refractivity contribution < 1.29 is 14.4 Å². The van der Waals surface area contributed by atoms with Gasteiger partial charge >= 0.3 is 5.97 Å². The molecule has 2 aliphatic carbocycles. The van der Waals surface area contributed by atoms with Gasteiger partial charge in [0.25, 0.3) is 0 Å². The number of likely N-dealkylation sites (tertiary alicyclic amines) is 1. The summed E-state index contributed by atoms with van der Waals surface area (Å²) < 4.78 is 1.16. The molecule has 2 saturated carbocycles. The molecule has 3 rings (SSSR count). The molecule has 1 heterocycles. The van der Waals surface area contributed by atoms with Gasteiger partial charge in [0, 0.05) is 11.8 Å². The van der Waals surface area contributed by atoms with Gasteiger partial charge in [-0.3, -0.25) is 4.79 Å². The molecular formula is C17H31N2O2+. The summed E-state index contributed by atoms with van der Waals surface area (Å²) in [6, 6.07) is 0.956. The highest BCUT2D eigenvalue weighted by Gasteiger charge is 2.47. The molecule has 3 unspecified atom stereocenters. The van der Waals surface area contributed by atoms with Crippen molar-refractivity contribution in [3.8, 4) is 0 Å². The molecule has 1 saturated heterocycles. The number of carboxylic acids is 1. The molecule has 0 aromatic heterocycles. The van der Waals surface area contributed by atoms with Crippen molar-refractivity contribution in [1.82, 2.24) is 0 Å². The third-order valence-corrected chi connectivity index (χ3v) is 6.27. The Labute approximate surface area is 128 Å². The summed E-state index contributed by atoms with van der Waals surface area (Å²) in [4.78, 5) is 11.1. The fourth-order valence-electron chi connectivity index (χ4n) is 5.27. The van der Waals surface area contributed by atoms with Gasteiger partial charge in [-0.25, -0.2) is 0 Å². The fourth-order valence-corrected chi connectivity index (χ4v) is 5.27. The Morgan fingerprint density at radius 3 is 2.33 bits per heavy atom. The minimum absolute atomic E-state index is 0.198. The molecule has 0 amide bonds. The topological polar surface area (TPSA) is 63.3 Å². The number of carboxylic acid groups (broad SMARTS) is 1. The molecule has 0 radical (unpaired) electrons. The van der Waals surface area contributed by atoms with E-state index >= 15 is 0 Å². The van der Waals surface area contributed by atoms with Crippen molar-refractivity contribution in [3.63, 3.8) is 0 Å². The maximum Gasteiger partial charge on any atom is 0.303 e. The maximum atomic E-state index is 11.1. The van der Waals surface area contributed by atoms with Crippen LogP contribution in [0.25, 0.3) is 0 Å². The SMILES string of the molecule is NC1CC(CC(=O)O)C[N+](CC2CCC2)(C2CCCC2)C1. The highest BCUT2D eigenvalue weighted by molar-refractivity contribution is 5.67. The summed E-state index contributed by atoms with van der Waals surface area (Å²) >= 11 is 0. The van der Waals surface area contributed by atoms with Crippen molar-refractivity contribution in [3.05, 3.63) is 0 Å². The molecule has 4 nitrogen and oxygen atoms in total. The monoisotopic (exact) mass is 295 g/mol. The van der Waals surface area contributed by atoms with Crippen LogP contribution in [0.4, 0.5) is 0 Å². The first kappa shape index (κ1) is 15.3. The van der Waals surface area contributed by atoms with E-state index < -0.39 is 5.97 Å². The molecule has 0 spiro atoms. The van der Waals surface area contributed by atoms with Crippen molar-refractivity contribution in [2.24, 2.45) is 17.6 Å². The van der Waals surface area contributed by atoms with E-state index in [9.17, 15) is 9.90 Å². The van der Waals surface area contributed by atoms with Crippen LogP contribution in [0, 0.1) is 11.8 Å². The normalized spacial score (nSPS) is 38.3. The summed E-state index contributed by atoms with van der Waals surface area (Å²) in [5, 5.41) is 9.18. The molecule has 0 bridgehead atoms. The van der Waals surface area contributed by atoms with Gasteiger partial charge in [0.15, 0.2) is 0 Å². The van der Waals surface area contributed by atoms with Gasteiger partial charge in [-0.15, -0.1) is 0 Å². The number of aliphatic carboxylic acids is 1. The van der Waals surface area contributed by atoms with E-state index in [1.807, 2.05) is 0 Å². The van der Waals surface area contributed by atoms with E-state index in [2.05, 4.69) is 0 Å². The first-order valence-electron chi connectivity index (χ1n) is 8.90. The second-order valence-electron chi connectivity index (χ2n) is 7.96. The summed E-state index contributed by atoms with van der Waals surface area (Å²) in [6.07, 6.45) is 10.7. The minimum Gasteiger partial charge on any atom is -0.481 e. The van der Waals surface area contributed by atoms with Crippen LogP contribution in [0.2, 0.25) is 0 Å². The lowest BCUT2D eigenvalue weighted by Gasteiger charge is -2.52. The maximum absolute atomic E-state index is 11.1. The lowest BCUT2D eigenvalue weighted by molar-refractivity contribution is -0.962. The second-order valence-corrected chi connectivity index (χ2v) is 7.96. The number of piperidine rings is 1. The number of quaternary nitrogens is 1. The third-order valence-electron chi connectivity index (χ3n) is 6.27. The summed E-state index contributed by atoms with van der Waals surface area (Å²) in [5.74, 6) is 0.510. The van der Waals surface area contributed by atoms with Crippen molar-refractivity contribution in [2.45, 2.75) is 69.9 Å². The zero-order valence-electron chi connectivity index (χ0n) is 13.2. The van der Waals surface area contributed by atoms with Gasteiger partial charge in [0.1, 0.15) is 0 Å². The molecule has 3 aliphatic rings. The summed E-state index contributed by atoms with van der Waals surface area (Å²) in [7, 11) is 0. The van der Waals surface area contributed by atoms with E-state index in [0.717, 1.165) is 36.0 Å². The number of nitrogens with zero attached hydrogens (tertiary/aromatic N) is 1. The van der Waals surface area contributed by atoms with E-state index in [-0.39, 0.29) is 12.0 Å². The molecular weight excluding hydrogens is 264 g/mol. The predicted molar refractivity (Wildman–Crippen MR) is 82.8 cm³/mol. The number of rotatable bonds is 5. The zero-order chi connectivity index (χ0) is 14.9. The van der Waals surface area contributed by atoms with Crippen LogP contribution >= 0.6 is 0 Å². The molecule has 3 fully saturated rings. The average molecular weight is 295 g/mol. The molecule has 120 valence electrons. The van der Waals surface area contributed by atoms with Crippen LogP contribution in [0.15, 0.2) is 0 Å². The lowest BCUT2D eigenvalue weighted by Crippen LogP contribution is -2.66. The van der Waals surface area contributed by atoms with Gasteiger partial charge in [-0.2, -0.15) is 0 Å². The van der Waals surface area contributed by atoms with E-state index in [1.165, 1.54) is 51.5 Å². The van der Waals surface area contributed by atoms with Crippen molar-refractivity contribution >= 4 is 5.97 Å². The second kappa shape index (κ2) is 6.25. The van der Waals surface area contributed by atoms with Gasteiger partial charge in [0.2, 0.25) is 0 Å². The molecule has 3 atom stereocenters. The zero-order valence-corrected chi connectivity index (χ0v) is 13.2. The largest absolute Gasteiger partial charge is 0.481 e. The molecule has 4 heteroatoms. The molecule has 0 aromatic rings. The van der Waals surface area contributed by atoms with Crippen LogP contribution in [-0.2, 0) is 4.79 Å². The Hall–Kier alpha value is -0.610. The number of carbonyl (C=O) groups is 1. The van der Waals surface area contributed by atoms with Gasteiger partial charge in [0.05, 0.1) is 38.1 Å². The quantitative estimate of drug-likeness (QED) is 0.765. The van der Waals surface area contributed by atoms with Gasteiger partial charge in [-0.05, 0) is 44.9 Å². The van der Waals surface area contributed by atoms with Crippen LogP contribution in [0.3, 0.4) is 0 Å². The molecule has 0 aromatic carbocycles. The lowest BCUT2D eigenvalue weighted by atomic mass is 9.81. The van der Waals surface area contributed by atoms with Crippen LogP contribution in [0.5, 0.6) is 0 Å². The highest BCUT2D eigenvalue weighted by Crippen LogP contribution is 2.39. The Morgan fingerprint density at radius 2 is 1.76 bits per heavy atom. The number of hydrogen-bond donors (Lipinski definition) is 2. The standard InChI is InChI=1S/C17H30N2O2/c18-15-8-14(9-17(20)21)11-19(12-15,10-13-4-3-5-13)16-6-1-2-7-16/h13-16H,1-12,18H2/p+1. The molecule has 3 N–H and O–H groups in total. The summed E-state index contributed by atoms with van der Waals surface area (Å²) in [6.45, 7) is 3.44. The smallest absolute Gasteiger partial charge is 0.303 e. The van der Waals surface area contributed by atoms with Crippen LogP contribution < -0.4 is 5.73 Å². The third kappa shape index (κ3) is 3.42.